The van der Waals surface area contributed by atoms with Gasteiger partial charge in [-0.3, -0.25) is 4.90 Å². The first-order valence-electron chi connectivity index (χ1n) is 20.6. The Hall–Kier alpha value is -2.40. The minimum Gasteiger partial charge on any atom is -0.445 e. The Morgan fingerprint density at radius 1 is 0.706 bits per heavy atom. The summed E-state index contributed by atoms with van der Waals surface area (Å²) in [6.45, 7) is 4.78. The van der Waals surface area contributed by atoms with Gasteiger partial charge in [-0.1, -0.05) is 173 Å². The van der Waals surface area contributed by atoms with E-state index >= 15 is 0 Å². The van der Waals surface area contributed by atoms with Gasteiger partial charge in [-0.25, -0.2) is 9.59 Å². The van der Waals surface area contributed by atoms with Crippen molar-refractivity contribution in [2.45, 2.75) is 192 Å². The number of amides is 3. The van der Waals surface area contributed by atoms with Crippen LogP contribution in [0.1, 0.15) is 161 Å². The summed E-state index contributed by atoms with van der Waals surface area (Å²) in [5, 5.41) is 37.5. The maximum absolute atomic E-state index is 13.7. The molecule has 5 atom stereocenters. The number of nitrogens with one attached hydrogen (secondary N) is 2. The van der Waals surface area contributed by atoms with Gasteiger partial charge < -0.3 is 35.4 Å². The SMILES string of the molecule is CCCCCCCCCCCCCCNC(=O)N(CCCCCCCCCCCC)[C@@H]1O[C@H](CO)[C@H](O)[C@H](O)[C@H]1NC(=O)OCc1ccccc1. The van der Waals surface area contributed by atoms with Crippen LogP contribution in [0.2, 0.25) is 0 Å². The summed E-state index contributed by atoms with van der Waals surface area (Å²) in [5.41, 5.74) is 0.796. The maximum Gasteiger partial charge on any atom is 0.407 e. The fraction of sp³-hybridized carbons (Fsp3) is 0.805. The molecular weight excluding hydrogens is 646 g/mol. The maximum atomic E-state index is 13.7. The van der Waals surface area contributed by atoms with Crippen molar-refractivity contribution in [1.29, 1.82) is 0 Å². The standard InChI is InChI=1S/C41H73N3O7/c1-3-5-7-9-11-13-15-16-17-19-21-26-30-42-40(48)44(31-27-22-20-18-14-12-10-8-6-4-2)39-36(38(47)37(46)35(32-45)51-39)43-41(49)50-33-34-28-24-23-25-29-34/h23-25,28-29,35-39,45-47H,3-22,26-27,30-33H2,1-2H3,(H,42,48)(H,43,49)/t35-,36-,37+,38-,39-/m1/s1. The summed E-state index contributed by atoms with van der Waals surface area (Å²) in [5.74, 6) is 0. The number of rotatable bonds is 29. The van der Waals surface area contributed by atoms with Crippen LogP contribution in [-0.4, -0.2) is 82.6 Å². The van der Waals surface area contributed by atoms with Crippen molar-refractivity contribution in [3.8, 4) is 0 Å². The van der Waals surface area contributed by atoms with Crippen LogP contribution >= 0.6 is 0 Å². The van der Waals surface area contributed by atoms with E-state index in [1.807, 2.05) is 30.3 Å². The third-order valence-electron chi connectivity index (χ3n) is 10.0. The van der Waals surface area contributed by atoms with Crippen molar-refractivity contribution in [1.82, 2.24) is 15.5 Å². The summed E-state index contributed by atoms with van der Waals surface area (Å²) < 4.78 is 11.5. The summed E-state index contributed by atoms with van der Waals surface area (Å²) in [6.07, 6.45) is 20.2. The van der Waals surface area contributed by atoms with E-state index in [4.69, 9.17) is 9.47 Å². The highest BCUT2D eigenvalue weighted by molar-refractivity contribution is 5.75. The van der Waals surface area contributed by atoms with Crippen LogP contribution in [0.25, 0.3) is 0 Å². The van der Waals surface area contributed by atoms with Gasteiger partial charge in [0.2, 0.25) is 0 Å². The minimum absolute atomic E-state index is 0.0185. The van der Waals surface area contributed by atoms with Gasteiger partial charge in [0.15, 0.2) is 6.23 Å². The summed E-state index contributed by atoms with van der Waals surface area (Å²) in [6, 6.07) is 7.69. The lowest BCUT2D eigenvalue weighted by Crippen LogP contribution is -2.69. The number of carbonyl (C=O) groups is 2. The number of hydrogen-bond donors (Lipinski definition) is 5. The van der Waals surface area contributed by atoms with Crippen LogP contribution in [0.3, 0.4) is 0 Å². The predicted octanol–water partition coefficient (Wildman–Crippen LogP) is 8.35. The number of alkyl carbamates (subject to hydrolysis) is 1. The Balaban J connectivity index is 1.95. The minimum atomic E-state index is -1.50. The summed E-state index contributed by atoms with van der Waals surface area (Å²) in [7, 11) is 0. The molecule has 1 saturated heterocycles. The molecule has 0 saturated carbocycles. The van der Waals surface area contributed by atoms with Crippen LogP contribution in [0, 0.1) is 0 Å². The molecule has 51 heavy (non-hydrogen) atoms. The molecule has 3 amide bonds. The molecule has 0 unspecified atom stereocenters. The molecule has 5 N–H and O–H groups in total. The molecule has 10 nitrogen and oxygen atoms in total. The van der Waals surface area contributed by atoms with Gasteiger partial charge in [0, 0.05) is 13.1 Å². The quantitative estimate of drug-likeness (QED) is 0.0524. The molecule has 0 radical (unpaired) electrons. The second-order valence-corrected chi connectivity index (χ2v) is 14.5. The van der Waals surface area contributed by atoms with Gasteiger partial charge in [0.1, 0.15) is 31.0 Å². The molecule has 10 heteroatoms. The lowest BCUT2D eigenvalue weighted by atomic mass is 9.95. The smallest absolute Gasteiger partial charge is 0.407 e. The van der Waals surface area contributed by atoms with Crippen LogP contribution < -0.4 is 10.6 Å². The number of urea groups is 1. The number of aliphatic hydroxyl groups excluding tert-OH is 3. The molecule has 0 bridgehead atoms. The van der Waals surface area contributed by atoms with Crippen LogP contribution in [0.15, 0.2) is 30.3 Å². The Bertz CT molecular complexity index is 1000. The normalized spacial score (nSPS) is 20.2. The van der Waals surface area contributed by atoms with Crippen molar-refractivity contribution < 1.29 is 34.4 Å². The van der Waals surface area contributed by atoms with E-state index in [0.717, 1.165) is 50.5 Å². The number of nitrogens with zero attached hydrogens (tertiary/aromatic N) is 1. The molecule has 1 aromatic carbocycles. The van der Waals surface area contributed by atoms with Crippen LogP contribution in [0.4, 0.5) is 9.59 Å². The zero-order valence-electron chi connectivity index (χ0n) is 32.1. The lowest BCUT2D eigenvalue weighted by molar-refractivity contribution is -0.222. The second kappa shape index (κ2) is 29.1. The van der Waals surface area contributed by atoms with Gasteiger partial charge in [0.05, 0.1) is 6.61 Å². The number of benzene rings is 1. The zero-order valence-corrected chi connectivity index (χ0v) is 32.1. The first-order chi connectivity index (χ1) is 24.9. The fourth-order valence-corrected chi connectivity index (χ4v) is 6.80. The van der Waals surface area contributed by atoms with Crippen molar-refractivity contribution in [3.05, 3.63) is 35.9 Å². The number of carbonyl (C=O) groups excluding carboxylic acids is 2. The fourth-order valence-electron chi connectivity index (χ4n) is 6.80. The Kier molecular flexibility index (Phi) is 25.5. The largest absolute Gasteiger partial charge is 0.445 e. The van der Waals surface area contributed by atoms with Crippen molar-refractivity contribution in [2.24, 2.45) is 0 Å². The molecule has 1 aliphatic heterocycles. The van der Waals surface area contributed by atoms with Crippen molar-refractivity contribution in [3.63, 3.8) is 0 Å². The molecule has 1 aromatic rings. The van der Waals surface area contributed by atoms with E-state index in [0.29, 0.717) is 13.1 Å². The van der Waals surface area contributed by atoms with E-state index in [2.05, 4.69) is 24.5 Å². The third kappa shape index (κ3) is 19.3. The summed E-state index contributed by atoms with van der Waals surface area (Å²) >= 11 is 0. The van der Waals surface area contributed by atoms with Crippen molar-refractivity contribution in [2.75, 3.05) is 19.7 Å². The monoisotopic (exact) mass is 720 g/mol. The van der Waals surface area contributed by atoms with Gasteiger partial charge in [-0.05, 0) is 18.4 Å². The molecule has 0 aromatic heterocycles. The van der Waals surface area contributed by atoms with E-state index in [9.17, 15) is 24.9 Å². The molecule has 1 aliphatic rings. The van der Waals surface area contributed by atoms with Gasteiger partial charge >= 0.3 is 12.1 Å². The van der Waals surface area contributed by atoms with E-state index < -0.39 is 43.3 Å². The van der Waals surface area contributed by atoms with Gasteiger partial charge in [-0.2, -0.15) is 0 Å². The second-order valence-electron chi connectivity index (χ2n) is 14.5. The highest BCUT2D eigenvalue weighted by atomic mass is 16.6. The zero-order chi connectivity index (χ0) is 36.9. The molecule has 1 heterocycles. The Labute approximate surface area is 309 Å². The number of hydrogen-bond acceptors (Lipinski definition) is 7. The third-order valence-corrected chi connectivity index (χ3v) is 10.0. The molecule has 0 spiro atoms. The van der Waals surface area contributed by atoms with Gasteiger partial charge in [-0.15, -0.1) is 0 Å². The Morgan fingerprint density at radius 3 is 1.71 bits per heavy atom. The number of aliphatic hydroxyl groups is 3. The van der Waals surface area contributed by atoms with E-state index in [-0.39, 0.29) is 12.6 Å². The average molecular weight is 720 g/mol. The van der Waals surface area contributed by atoms with Crippen molar-refractivity contribution >= 4 is 12.1 Å². The van der Waals surface area contributed by atoms with E-state index in [1.54, 1.807) is 0 Å². The molecule has 2 rings (SSSR count). The Morgan fingerprint density at radius 2 is 1.20 bits per heavy atom. The first kappa shape index (κ1) is 44.8. The topological polar surface area (TPSA) is 141 Å². The van der Waals surface area contributed by atoms with Crippen LogP contribution in [0.5, 0.6) is 0 Å². The highest BCUT2D eigenvalue weighted by Crippen LogP contribution is 2.25. The summed E-state index contributed by atoms with van der Waals surface area (Å²) in [4.78, 5) is 28.2. The van der Waals surface area contributed by atoms with E-state index in [1.165, 1.54) is 101 Å². The average Bonchev–Trinajstić information content (AvgIpc) is 3.14. The van der Waals surface area contributed by atoms with Gasteiger partial charge in [0.25, 0.3) is 0 Å². The van der Waals surface area contributed by atoms with Crippen LogP contribution in [-0.2, 0) is 16.1 Å². The molecule has 294 valence electrons. The first-order valence-corrected chi connectivity index (χ1v) is 20.6. The number of unbranched alkanes of at least 4 members (excludes halogenated alkanes) is 20. The number of ether oxygens (including phenoxy) is 2. The lowest BCUT2D eigenvalue weighted by Gasteiger charge is -2.46. The molecule has 0 aliphatic carbocycles. The highest BCUT2D eigenvalue weighted by Gasteiger charge is 2.48. The molecular formula is C41H73N3O7. The predicted molar refractivity (Wildman–Crippen MR) is 204 cm³/mol. The molecule has 1 fully saturated rings.